The molecule has 2 saturated heterocycles. The molecule has 0 saturated carbocycles. The van der Waals surface area contributed by atoms with E-state index in [1.807, 2.05) is 12.1 Å². The zero-order chi connectivity index (χ0) is 41.7. The van der Waals surface area contributed by atoms with Crippen LogP contribution in [0, 0.1) is 0 Å². The Kier molecular flexibility index (Phi) is 13.1. The lowest BCUT2D eigenvalue weighted by Crippen LogP contribution is -2.66. The summed E-state index contributed by atoms with van der Waals surface area (Å²) in [7, 11) is -5.49. The van der Waals surface area contributed by atoms with Gasteiger partial charge in [0.15, 0.2) is 0 Å². The summed E-state index contributed by atoms with van der Waals surface area (Å²) in [5, 5.41) is 4.53. The Bertz CT molecular complexity index is 2050. The summed E-state index contributed by atoms with van der Waals surface area (Å²) in [6, 6.07) is 42.3. The van der Waals surface area contributed by atoms with Crippen molar-refractivity contribution < 1.29 is 32.3 Å². The van der Waals surface area contributed by atoms with E-state index in [9.17, 15) is 4.79 Å². The van der Waals surface area contributed by atoms with Crippen LogP contribution in [0.3, 0.4) is 0 Å². The molecule has 1 aromatic heterocycles. The molecule has 0 aliphatic carbocycles. The summed E-state index contributed by atoms with van der Waals surface area (Å²) < 4.78 is 39.0. The molecule has 0 spiro atoms. The van der Waals surface area contributed by atoms with Crippen LogP contribution in [0.4, 0.5) is 0 Å². The topological polar surface area (TPSA) is 89.3 Å². The van der Waals surface area contributed by atoms with Crippen molar-refractivity contribution in [3.63, 3.8) is 0 Å². The number of cyclic esters (lactones) is 1. The first kappa shape index (κ1) is 42.7. The highest BCUT2D eigenvalue weighted by molar-refractivity contribution is 7.00. The van der Waals surface area contributed by atoms with E-state index in [0.29, 0.717) is 31.0 Å². The van der Waals surface area contributed by atoms with Crippen molar-refractivity contribution in [1.82, 2.24) is 4.98 Å². The van der Waals surface area contributed by atoms with Crippen molar-refractivity contribution >= 4 is 43.4 Å². The molecule has 8 nitrogen and oxygen atoms in total. The van der Waals surface area contributed by atoms with Gasteiger partial charge in [-0.05, 0) is 50.1 Å². The number of esters is 1. The Morgan fingerprint density at radius 1 is 0.644 bits per heavy atom. The van der Waals surface area contributed by atoms with Crippen molar-refractivity contribution in [1.29, 1.82) is 0 Å². The third kappa shape index (κ3) is 9.33. The molecule has 0 bridgehead atoms. The van der Waals surface area contributed by atoms with E-state index in [4.69, 9.17) is 32.5 Å². The molecular formula is C49H59NO7Si2. The lowest BCUT2D eigenvalue weighted by molar-refractivity contribution is -0.224. The van der Waals surface area contributed by atoms with Gasteiger partial charge in [0, 0.05) is 13.0 Å². The number of benzene rings is 4. The number of aromatic nitrogens is 1. The van der Waals surface area contributed by atoms with Gasteiger partial charge in [-0.2, -0.15) is 0 Å². The molecule has 0 N–H and O–H groups in total. The Labute approximate surface area is 352 Å². The molecule has 5 aromatic rings. The number of hydrogen-bond acceptors (Lipinski definition) is 8. The standard InChI is InChI=1S/C49H59NO7Si2/c1-36-30-37(28-29-53-58(48(2,3)4,40-20-12-8-13-21-40)41-22-14-9-15-23-41)55-38(31-36)32-39-33-46(51)57-47(56-39)44-34-52-45(50-44)35-54-59(49(5,6)7,42-24-16-10-17-25-42)43-26-18-11-19-27-43/h8-27,34,37-39,47H,1,28-33,35H2,2-7H3/t37-,38+,39+,47+/m0/s1. The predicted octanol–water partition coefficient (Wildman–Crippen LogP) is 8.54. The fourth-order valence-corrected chi connectivity index (χ4v) is 18.2. The number of rotatable bonds is 14. The van der Waals surface area contributed by atoms with Gasteiger partial charge >= 0.3 is 5.97 Å². The Balaban J connectivity index is 1.00. The van der Waals surface area contributed by atoms with Gasteiger partial charge in [-0.1, -0.05) is 175 Å². The maximum Gasteiger partial charge on any atom is 0.311 e. The maximum absolute atomic E-state index is 13.0. The zero-order valence-corrected chi connectivity index (χ0v) is 37.4. The fraction of sp³-hybridized carbons (Fsp3) is 0.388. The molecule has 2 aliphatic heterocycles. The van der Waals surface area contributed by atoms with Crippen LogP contribution in [-0.2, 0) is 34.5 Å². The first-order valence-electron chi connectivity index (χ1n) is 20.9. The number of hydrogen-bond donors (Lipinski definition) is 0. The smallest absolute Gasteiger partial charge is 0.311 e. The highest BCUT2D eigenvalue weighted by Gasteiger charge is 2.51. The molecule has 7 rings (SSSR count). The largest absolute Gasteiger partial charge is 0.446 e. The van der Waals surface area contributed by atoms with E-state index in [1.165, 1.54) is 27.0 Å². The molecule has 2 aliphatic rings. The quantitative estimate of drug-likeness (QED) is 0.0626. The normalized spacial score (nSPS) is 20.6. The van der Waals surface area contributed by atoms with Gasteiger partial charge in [0.25, 0.3) is 16.6 Å². The first-order valence-corrected chi connectivity index (χ1v) is 24.7. The molecule has 2 fully saturated rings. The number of ether oxygens (including phenoxy) is 3. The van der Waals surface area contributed by atoms with Crippen LogP contribution in [0.25, 0.3) is 0 Å². The van der Waals surface area contributed by atoms with Gasteiger partial charge in [-0.25, -0.2) is 4.98 Å². The minimum absolute atomic E-state index is 0.0561. The van der Waals surface area contributed by atoms with Gasteiger partial charge in [0.2, 0.25) is 12.2 Å². The van der Waals surface area contributed by atoms with Crippen molar-refractivity contribution in [2.24, 2.45) is 0 Å². The van der Waals surface area contributed by atoms with E-state index >= 15 is 0 Å². The van der Waals surface area contributed by atoms with Crippen LogP contribution >= 0.6 is 0 Å². The third-order valence-corrected chi connectivity index (χ3v) is 21.7. The molecule has 10 heteroatoms. The molecule has 0 unspecified atom stereocenters. The number of oxazole rings is 1. The second kappa shape index (κ2) is 18.1. The molecule has 4 aromatic carbocycles. The first-order chi connectivity index (χ1) is 28.3. The second-order valence-corrected chi connectivity index (χ2v) is 26.6. The Hall–Kier alpha value is -4.43. The number of carbonyl (C=O) groups excluding carboxylic acids is 1. The van der Waals surface area contributed by atoms with Crippen molar-refractivity contribution in [3.05, 3.63) is 151 Å². The van der Waals surface area contributed by atoms with E-state index in [-0.39, 0.29) is 41.3 Å². The summed E-state index contributed by atoms with van der Waals surface area (Å²) in [5.74, 6) is 0.0500. The minimum atomic E-state index is -2.82. The lowest BCUT2D eigenvalue weighted by Gasteiger charge is -2.43. The predicted molar refractivity (Wildman–Crippen MR) is 237 cm³/mol. The Morgan fingerprint density at radius 3 is 1.59 bits per heavy atom. The van der Waals surface area contributed by atoms with Crippen LogP contribution in [0.5, 0.6) is 0 Å². The van der Waals surface area contributed by atoms with Gasteiger partial charge in [-0.3, -0.25) is 4.79 Å². The SMILES string of the molecule is C=C1C[C@H](C[C@@H]2CC(=O)O[C@H](c3coc(CO[Si](c4ccccc4)(c4ccccc4)C(C)(C)C)n3)O2)O[C@@H](CCO[Si](c2ccccc2)(c2ccccc2)C(C)(C)C)C1. The van der Waals surface area contributed by atoms with Crippen molar-refractivity contribution in [3.8, 4) is 0 Å². The van der Waals surface area contributed by atoms with Gasteiger partial charge < -0.3 is 27.5 Å². The fourth-order valence-electron chi connectivity index (χ4n) is 9.11. The molecule has 59 heavy (non-hydrogen) atoms. The molecule has 0 radical (unpaired) electrons. The zero-order valence-electron chi connectivity index (χ0n) is 35.4. The lowest BCUT2D eigenvalue weighted by atomic mass is 9.94. The summed E-state index contributed by atoms with van der Waals surface area (Å²) >= 11 is 0. The summed E-state index contributed by atoms with van der Waals surface area (Å²) in [6.07, 6.45) is 2.75. The van der Waals surface area contributed by atoms with E-state index in [2.05, 4.69) is 157 Å². The van der Waals surface area contributed by atoms with Crippen LogP contribution in [0.2, 0.25) is 10.1 Å². The van der Waals surface area contributed by atoms with Crippen LogP contribution < -0.4 is 20.7 Å². The summed E-state index contributed by atoms with van der Waals surface area (Å²) in [4.78, 5) is 17.7. The highest BCUT2D eigenvalue weighted by Crippen LogP contribution is 2.39. The van der Waals surface area contributed by atoms with Crippen LogP contribution in [0.15, 0.2) is 144 Å². The number of carbonyl (C=O) groups is 1. The monoisotopic (exact) mass is 829 g/mol. The molecule has 4 atom stereocenters. The number of nitrogens with zero attached hydrogens (tertiary/aromatic N) is 1. The van der Waals surface area contributed by atoms with Crippen LogP contribution in [-0.4, -0.2) is 52.5 Å². The third-order valence-electron chi connectivity index (χ3n) is 11.7. The molecule has 3 heterocycles. The minimum Gasteiger partial charge on any atom is -0.446 e. The van der Waals surface area contributed by atoms with E-state index < -0.39 is 29.0 Å². The molecule has 310 valence electrons. The van der Waals surface area contributed by atoms with Gasteiger partial charge in [-0.15, -0.1) is 0 Å². The van der Waals surface area contributed by atoms with E-state index in [0.717, 1.165) is 18.4 Å². The van der Waals surface area contributed by atoms with E-state index in [1.54, 1.807) is 0 Å². The second-order valence-electron chi connectivity index (χ2n) is 18.0. The maximum atomic E-state index is 13.0. The van der Waals surface area contributed by atoms with Crippen molar-refractivity contribution in [2.45, 2.75) is 115 Å². The molecular weight excluding hydrogens is 771 g/mol. The van der Waals surface area contributed by atoms with Crippen LogP contribution in [0.1, 0.15) is 91.5 Å². The van der Waals surface area contributed by atoms with Gasteiger partial charge in [0.1, 0.15) is 18.6 Å². The van der Waals surface area contributed by atoms with Gasteiger partial charge in [0.05, 0.1) is 24.7 Å². The average molecular weight is 830 g/mol. The highest BCUT2D eigenvalue weighted by atomic mass is 28.4. The molecule has 0 amide bonds. The Morgan fingerprint density at radius 2 is 1.10 bits per heavy atom. The van der Waals surface area contributed by atoms with Crippen molar-refractivity contribution in [2.75, 3.05) is 6.61 Å². The average Bonchev–Trinajstić information content (AvgIpc) is 3.69. The summed E-state index contributed by atoms with van der Waals surface area (Å²) in [6.45, 7) is 18.7. The summed E-state index contributed by atoms with van der Waals surface area (Å²) in [5.41, 5.74) is 1.53.